The van der Waals surface area contributed by atoms with Gasteiger partial charge in [-0.1, -0.05) is 23.7 Å². The number of fused-ring (bicyclic) bond motifs is 3. The Morgan fingerprint density at radius 1 is 1.06 bits per heavy atom. The van der Waals surface area contributed by atoms with Crippen molar-refractivity contribution >= 4 is 69.2 Å². The highest BCUT2D eigenvalue weighted by molar-refractivity contribution is 7.80. The first-order chi connectivity index (χ1) is 14.9. The largest absolute Gasteiger partial charge is 0.327 e. The molecule has 0 atom stereocenters. The van der Waals surface area contributed by atoms with Gasteiger partial charge in [0, 0.05) is 17.6 Å². The molecule has 0 saturated carbocycles. The van der Waals surface area contributed by atoms with Gasteiger partial charge in [-0.05, 0) is 61.6 Å². The predicted octanol–water partition coefficient (Wildman–Crippen LogP) is 3.62. The van der Waals surface area contributed by atoms with E-state index in [1.165, 1.54) is 4.90 Å². The van der Waals surface area contributed by atoms with Gasteiger partial charge < -0.3 is 4.57 Å². The Morgan fingerprint density at radius 3 is 2.45 bits per heavy atom. The van der Waals surface area contributed by atoms with Crippen LogP contribution in [0.15, 0.2) is 54.1 Å². The number of nitrogens with one attached hydrogen (secondary N) is 1. The molecule has 2 aromatic carbocycles. The summed E-state index contributed by atoms with van der Waals surface area (Å²) in [7, 11) is 1.93. The number of para-hydroxylation sites is 2. The minimum atomic E-state index is -0.544. The van der Waals surface area contributed by atoms with E-state index in [9.17, 15) is 9.59 Å². The Labute approximate surface area is 187 Å². The molecule has 0 bridgehead atoms. The number of amides is 2. The van der Waals surface area contributed by atoms with E-state index in [-0.39, 0.29) is 10.7 Å². The van der Waals surface area contributed by atoms with Crippen LogP contribution in [0.4, 0.5) is 5.69 Å². The molecule has 31 heavy (non-hydrogen) atoms. The third-order valence-corrected chi connectivity index (χ3v) is 5.88. The highest BCUT2D eigenvalue weighted by atomic mass is 35.5. The number of carbonyl (C=O) groups is 2. The van der Waals surface area contributed by atoms with Crippen molar-refractivity contribution < 1.29 is 9.59 Å². The Bertz CT molecular complexity index is 1450. The third kappa shape index (κ3) is 2.95. The maximum absolute atomic E-state index is 13.3. The maximum Gasteiger partial charge on any atom is 0.270 e. The molecule has 0 radical (unpaired) electrons. The first-order valence-corrected chi connectivity index (χ1v) is 10.2. The van der Waals surface area contributed by atoms with E-state index in [0.717, 1.165) is 16.7 Å². The van der Waals surface area contributed by atoms with Crippen molar-refractivity contribution in [3.8, 4) is 0 Å². The number of halogens is 1. The number of aromatic nitrogens is 3. The van der Waals surface area contributed by atoms with Crippen LogP contribution in [0.25, 0.3) is 22.8 Å². The first kappa shape index (κ1) is 19.5. The molecule has 4 aromatic rings. The first-order valence-electron chi connectivity index (χ1n) is 9.46. The van der Waals surface area contributed by atoms with E-state index < -0.39 is 11.8 Å². The molecule has 1 aliphatic rings. The van der Waals surface area contributed by atoms with Crippen LogP contribution in [0.1, 0.15) is 11.3 Å². The monoisotopic (exact) mass is 449 g/mol. The number of hydrogen-bond acceptors (Lipinski definition) is 4. The number of benzene rings is 2. The van der Waals surface area contributed by atoms with Crippen molar-refractivity contribution in [3.63, 3.8) is 0 Å². The molecular weight excluding hydrogens is 434 g/mol. The second kappa shape index (κ2) is 7.04. The lowest BCUT2D eigenvalue weighted by molar-refractivity contribution is -0.122. The summed E-state index contributed by atoms with van der Waals surface area (Å²) in [6.07, 6.45) is 1.58. The van der Waals surface area contributed by atoms with Gasteiger partial charge in [0.25, 0.3) is 11.8 Å². The lowest BCUT2D eigenvalue weighted by Gasteiger charge is -2.28. The minimum Gasteiger partial charge on any atom is -0.327 e. The van der Waals surface area contributed by atoms with Crippen molar-refractivity contribution in [2.24, 2.45) is 7.05 Å². The Balaban J connectivity index is 1.67. The van der Waals surface area contributed by atoms with Crippen LogP contribution in [0.2, 0.25) is 5.02 Å². The van der Waals surface area contributed by atoms with Crippen molar-refractivity contribution in [1.82, 2.24) is 19.5 Å². The average molecular weight is 450 g/mol. The second-order valence-electron chi connectivity index (χ2n) is 7.22. The summed E-state index contributed by atoms with van der Waals surface area (Å²) in [6, 6.07) is 14.5. The summed E-state index contributed by atoms with van der Waals surface area (Å²) in [5.41, 5.74) is 4.62. The van der Waals surface area contributed by atoms with E-state index in [1.807, 2.05) is 47.3 Å². The average Bonchev–Trinajstić information content (AvgIpc) is 3.21. The number of anilines is 1. The van der Waals surface area contributed by atoms with Crippen LogP contribution in [0, 0.1) is 6.92 Å². The number of carbonyl (C=O) groups excluding carboxylic acids is 2. The third-order valence-electron chi connectivity index (χ3n) is 5.35. The molecule has 2 amide bonds. The van der Waals surface area contributed by atoms with Gasteiger partial charge in [0.05, 0.1) is 22.4 Å². The second-order valence-corrected chi connectivity index (χ2v) is 8.04. The molecule has 1 N–H and O–H groups in total. The number of aryl methyl sites for hydroxylation is 2. The molecular formula is C22H16ClN5O2S. The highest BCUT2D eigenvalue weighted by Crippen LogP contribution is 2.28. The standard InChI is InChI=1S/C22H16ClN5O2S/c1-12-15(20-26(2)17-5-3-4-6-18(17)28(20)25-12)11-16-19(29)24-22(31)27(21(16)30)14-9-7-13(23)8-10-14/h3-11H,1-2H3,(H,24,29,31)/b16-11+. The zero-order chi connectivity index (χ0) is 21.9. The minimum absolute atomic E-state index is 0.0215. The van der Waals surface area contributed by atoms with Crippen LogP contribution in [-0.2, 0) is 16.6 Å². The molecule has 3 heterocycles. The molecule has 5 rings (SSSR count). The molecule has 0 aliphatic carbocycles. The summed E-state index contributed by atoms with van der Waals surface area (Å²) in [4.78, 5) is 27.3. The van der Waals surface area contributed by atoms with Gasteiger partial charge in [-0.2, -0.15) is 5.10 Å². The number of imidazole rings is 1. The lowest BCUT2D eigenvalue weighted by Crippen LogP contribution is -2.54. The van der Waals surface area contributed by atoms with Crippen molar-refractivity contribution in [2.45, 2.75) is 6.92 Å². The Hall–Kier alpha value is -3.49. The maximum atomic E-state index is 13.3. The van der Waals surface area contributed by atoms with Crippen molar-refractivity contribution in [2.75, 3.05) is 4.90 Å². The molecule has 154 valence electrons. The molecule has 0 spiro atoms. The van der Waals surface area contributed by atoms with Gasteiger partial charge in [-0.3, -0.25) is 19.8 Å². The number of nitrogens with zero attached hydrogens (tertiary/aromatic N) is 4. The molecule has 9 heteroatoms. The molecule has 1 aliphatic heterocycles. The normalized spacial score (nSPS) is 16.0. The number of thiocarbonyl (C=S) groups is 1. The highest BCUT2D eigenvalue weighted by Gasteiger charge is 2.35. The number of hydrogen-bond donors (Lipinski definition) is 1. The molecule has 1 fully saturated rings. The van der Waals surface area contributed by atoms with E-state index in [4.69, 9.17) is 23.8 Å². The van der Waals surface area contributed by atoms with Crippen LogP contribution >= 0.6 is 23.8 Å². The smallest absolute Gasteiger partial charge is 0.270 e. The van der Waals surface area contributed by atoms with Crippen molar-refractivity contribution in [1.29, 1.82) is 0 Å². The zero-order valence-corrected chi connectivity index (χ0v) is 18.2. The van der Waals surface area contributed by atoms with Gasteiger partial charge in [0.2, 0.25) is 0 Å². The fourth-order valence-corrected chi connectivity index (χ4v) is 4.26. The van der Waals surface area contributed by atoms with Gasteiger partial charge >= 0.3 is 0 Å². The van der Waals surface area contributed by atoms with Gasteiger partial charge in [-0.25, -0.2) is 4.52 Å². The quantitative estimate of drug-likeness (QED) is 0.288. The number of rotatable bonds is 2. The van der Waals surface area contributed by atoms with Gasteiger partial charge in [-0.15, -0.1) is 0 Å². The fourth-order valence-electron chi connectivity index (χ4n) is 3.85. The van der Waals surface area contributed by atoms with Crippen molar-refractivity contribution in [3.05, 3.63) is 70.4 Å². The molecule has 2 aromatic heterocycles. The Morgan fingerprint density at radius 2 is 1.74 bits per heavy atom. The van der Waals surface area contributed by atoms with Gasteiger partial charge in [0.1, 0.15) is 11.2 Å². The van der Waals surface area contributed by atoms with Crippen LogP contribution in [0.5, 0.6) is 0 Å². The Kier molecular flexibility index (Phi) is 4.42. The SMILES string of the molecule is Cc1nn2c3ccccc3n(C)c2c1/C=C1\C(=O)NC(=S)N(c2ccc(Cl)cc2)C1=O. The van der Waals surface area contributed by atoms with E-state index in [0.29, 0.717) is 22.0 Å². The summed E-state index contributed by atoms with van der Waals surface area (Å²) in [5, 5.41) is 7.80. The lowest BCUT2D eigenvalue weighted by atomic mass is 10.1. The molecule has 0 unspecified atom stereocenters. The van der Waals surface area contributed by atoms with Crippen LogP contribution < -0.4 is 10.2 Å². The van der Waals surface area contributed by atoms with Crippen LogP contribution in [0.3, 0.4) is 0 Å². The van der Waals surface area contributed by atoms with Gasteiger partial charge in [0.15, 0.2) is 5.11 Å². The molecule has 1 saturated heterocycles. The topological polar surface area (TPSA) is 71.6 Å². The van der Waals surface area contributed by atoms with Crippen LogP contribution in [-0.4, -0.2) is 31.1 Å². The predicted molar refractivity (Wildman–Crippen MR) is 124 cm³/mol. The summed E-state index contributed by atoms with van der Waals surface area (Å²) >= 11 is 11.2. The molecule has 7 nitrogen and oxygen atoms in total. The summed E-state index contributed by atoms with van der Waals surface area (Å²) in [6.45, 7) is 1.85. The summed E-state index contributed by atoms with van der Waals surface area (Å²) in [5.74, 6) is -1.05. The zero-order valence-electron chi connectivity index (χ0n) is 16.6. The van der Waals surface area contributed by atoms with E-state index in [1.54, 1.807) is 30.3 Å². The summed E-state index contributed by atoms with van der Waals surface area (Å²) < 4.78 is 3.82. The van der Waals surface area contributed by atoms with E-state index >= 15 is 0 Å². The fraction of sp³-hybridized carbons (Fsp3) is 0.0909. The van der Waals surface area contributed by atoms with E-state index in [2.05, 4.69) is 10.4 Å².